The van der Waals surface area contributed by atoms with E-state index in [0.29, 0.717) is 24.5 Å². The molecule has 2 rings (SSSR count). The highest BCUT2D eigenvalue weighted by Crippen LogP contribution is 2.12. The summed E-state index contributed by atoms with van der Waals surface area (Å²) in [5.41, 5.74) is 0. The van der Waals surface area contributed by atoms with Crippen LogP contribution >= 0.6 is 0 Å². The molecule has 0 aliphatic carbocycles. The number of ether oxygens (including phenoxy) is 1. The fourth-order valence-electron chi connectivity index (χ4n) is 3.53. The normalized spacial score (nSPS) is 21.3. The van der Waals surface area contributed by atoms with Crippen LogP contribution in [0.2, 0.25) is 0 Å². The summed E-state index contributed by atoms with van der Waals surface area (Å²) in [5, 5.41) is 6.56. The molecule has 1 amide bonds. The third kappa shape index (κ3) is 6.47. The molecule has 2 aliphatic heterocycles. The van der Waals surface area contributed by atoms with E-state index in [1.807, 2.05) is 4.90 Å². The smallest absolute Gasteiger partial charge is 0.241 e. The minimum Gasteiger partial charge on any atom is -0.379 e. The molecule has 25 heavy (non-hydrogen) atoms. The fraction of sp³-hybridized carbons (Fsp3) is 0.889. The molecule has 0 spiro atoms. The molecule has 0 bridgehead atoms. The summed E-state index contributed by atoms with van der Waals surface area (Å²) in [7, 11) is 1.75. The van der Waals surface area contributed by atoms with Gasteiger partial charge in [0.05, 0.1) is 19.8 Å². The monoisotopic (exact) mass is 353 g/mol. The Hall–Kier alpha value is -1.34. The van der Waals surface area contributed by atoms with E-state index < -0.39 is 0 Å². The van der Waals surface area contributed by atoms with Crippen molar-refractivity contribution in [3.05, 3.63) is 0 Å². The second-order valence-corrected chi connectivity index (χ2v) is 7.21. The van der Waals surface area contributed by atoms with E-state index >= 15 is 0 Å². The number of hydrogen-bond acceptors (Lipinski definition) is 4. The number of carbonyl (C=O) groups excluding carboxylic acids is 1. The zero-order valence-electron chi connectivity index (χ0n) is 16.1. The van der Waals surface area contributed by atoms with Crippen LogP contribution in [0.15, 0.2) is 4.99 Å². The van der Waals surface area contributed by atoms with Gasteiger partial charge in [0.2, 0.25) is 5.91 Å². The van der Waals surface area contributed by atoms with Gasteiger partial charge in [-0.1, -0.05) is 13.8 Å². The third-order valence-corrected chi connectivity index (χ3v) is 5.10. The number of hydrogen-bond donors (Lipinski definition) is 2. The largest absolute Gasteiger partial charge is 0.379 e. The van der Waals surface area contributed by atoms with Crippen LogP contribution in [0, 0.1) is 5.92 Å². The minimum atomic E-state index is 0.163. The van der Waals surface area contributed by atoms with Crippen molar-refractivity contribution >= 4 is 11.9 Å². The van der Waals surface area contributed by atoms with Crippen LogP contribution < -0.4 is 10.6 Å². The van der Waals surface area contributed by atoms with Gasteiger partial charge >= 0.3 is 0 Å². The van der Waals surface area contributed by atoms with Gasteiger partial charge in [-0.05, 0) is 25.2 Å². The minimum absolute atomic E-state index is 0.163. The molecule has 1 atom stereocenters. The topological polar surface area (TPSA) is 69.2 Å². The molecule has 2 fully saturated rings. The number of aliphatic imine (C=N–C) groups is 1. The van der Waals surface area contributed by atoms with Crippen LogP contribution in [-0.4, -0.2) is 87.2 Å². The summed E-state index contributed by atoms with van der Waals surface area (Å²) in [5.74, 6) is 1.40. The van der Waals surface area contributed by atoms with Crippen LogP contribution in [0.25, 0.3) is 0 Å². The van der Waals surface area contributed by atoms with Gasteiger partial charge in [0.25, 0.3) is 0 Å². The van der Waals surface area contributed by atoms with E-state index in [2.05, 4.69) is 34.4 Å². The summed E-state index contributed by atoms with van der Waals surface area (Å²) in [6.45, 7) is 11.0. The van der Waals surface area contributed by atoms with Crippen molar-refractivity contribution in [1.29, 1.82) is 0 Å². The predicted octanol–water partition coefficient (Wildman–Crippen LogP) is 0.521. The highest BCUT2D eigenvalue weighted by atomic mass is 16.5. The lowest BCUT2D eigenvalue weighted by Gasteiger charge is -2.37. The van der Waals surface area contributed by atoms with Gasteiger partial charge in [0, 0.05) is 45.8 Å². The molecule has 0 saturated carbocycles. The Balaban J connectivity index is 1.76. The quantitative estimate of drug-likeness (QED) is 0.538. The number of morpholine rings is 1. The first kappa shape index (κ1) is 20.0. The summed E-state index contributed by atoms with van der Waals surface area (Å²) < 4.78 is 5.46. The van der Waals surface area contributed by atoms with E-state index in [9.17, 15) is 4.79 Å². The molecule has 1 unspecified atom stereocenters. The molecule has 0 radical (unpaired) electrons. The number of rotatable bonds is 6. The maximum absolute atomic E-state index is 12.3. The molecule has 2 N–H and O–H groups in total. The lowest BCUT2D eigenvalue weighted by molar-refractivity contribution is -0.130. The first-order valence-electron chi connectivity index (χ1n) is 9.66. The van der Waals surface area contributed by atoms with E-state index in [1.165, 1.54) is 6.42 Å². The Morgan fingerprint density at radius 3 is 2.36 bits per heavy atom. The van der Waals surface area contributed by atoms with Gasteiger partial charge in [-0.25, -0.2) is 0 Å². The van der Waals surface area contributed by atoms with E-state index in [1.54, 1.807) is 7.05 Å². The Kier molecular flexibility index (Phi) is 8.48. The zero-order valence-corrected chi connectivity index (χ0v) is 16.1. The summed E-state index contributed by atoms with van der Waals surface area (Å²) in [6.07, 6.45) is 3.47. The molecule has 2 saturated heterocycles. The summed E-state index contributed by atoms with van der Waals surface area (Å²) in [6, 6.07) is 0.431. The van der Waals surface area contributed by atoms with Gasteiger partial charge in [-0.2, -0.15) is 0 Å². The van der Waals surface area contributed by atoms with Crippen molar-refractivity contribution < 1.29 is 9.53 Å². The second kappa shape index (κ2) is 10.6. The standard InChI is InChI=1S/C18H35N5O2/c1-15(2)16(22-9-11-25-12-10-22)13-20-18(19-3)21-14-17(24)23-7-5-4-6-8-23/h15-16H,4-14H2,1-3H3,(H2,19,20,21). The number of likely N-dealkylation sites (tertiary alicyclic amines) is 1. The van der Waals surface area contributed by atoms with Gasteiger partial charge in [0.15, 0.2) is 5.96 Å². The number of nitrogens with one attached hydrogen (secondary N) is 2. The molecular weight excluding hydrogens is 318 g/mol. The first-order valence-corrected chi connectivity index (χ1v) is 9.66. The highest BCUT2D eigenvalue weighted by molar-refractivity contribution is 5.86. The van der Waals surface area contributed by atoms with Crippen LogP contribution in [0.1, 0.15) is 33.1 Å². The molecular formula is C18H35N5O2. The van der Waals surface area contributed by atoms with E-state index in [-0.39, 0.29) is 5.91 Å². The molecule has 0 aromatic heterocycles. The van der Waals surface area contributed by atoms with Crippen molar-refractivity contribution in [2.75, 3.05) is 59.5 Å². The molecule has 0 aromatic rings. The van der Waals surface area contributed by atoms with Crippen LogP contribution in [-0.2, 0) is 9.53 Å². The van der Waals surface area contributed by atoms with Crippen molar-refractivity contribution in [2.24, 2.45) is 10.9 Å². The SMILES string of the molecule is CN=C(NCC(=O)N1CCCCC1)NCC(C(C)C)N1CCOCC1. The van der Waals surface area contributed by atoms with Crippen molar-refractivity contribution in [2.45, 2.75) is 39.2 Å². The maximum atomic E-state index is 12.3. The van der Waals surface area contributed by atoms with Crippen molar-refractivity contribution in [3.63, 3.8) is 0 Å². The average Bonchev–Trinajstić information content (AvgIpc) is 2.65. The number of nitrogens with zero attached hydrogens (tertiary/aromatic N) is 3. The van der Waals surface area contributed by atoms with Gasteiger partial charge in [-0.15, -0.1) is 0 Å². The van der Waals surface area contributed by atoms with E-state index in [0.717, 1.165) is 58.8 Å². The highest BCUT2D eigenvalue weighted by Gasteiger charge is 2.24. The van der Waals surface area contributed by atoms with Gasteiger partial charge < -0.3 is 20.3 Å². The number of guanidine groups is 1. The Bertz CT molecular complexity index is 429. The number of piperidine rings is 1. The Labute approximate surface area is 152 Å². The third-order valence-electron chi connectivity index (χ3n) is 5.10. The molecule has 0 aromatic carbocycles. The van der Waals surface area contributed by atoms with Gasteiger partial charge in [0.1, 0.15) is 0 Å². The van der Waals surface area contributed by atoms with Crippen molar-refractivity contribution in [1.82, 2.24) is 20.4 Å². The summed E-state index contributed by atoms with van der Waals surface area (Å²) >= 11 is 0. The fourth-order valence-corrected chi connectivity index (χ4v) is 3.53. The van der Waals surface area contributed by atoms with E-state index in [4.69, 9.17) is 4.74 Å². The molecule has 7 nitrogen and oxygen atoms in total. The molecule has 7 heteroatoms. The van der Waals surface area contributed by atoms with Crippen LogP contribution in [0.4, 0.5) is 0 Å². The zero-order chi connectivity index (χ0) is 18.1. The maximum Gasteiger partial charge on any atom is 0.241 e. The lowest BCUT2D eigenvalue weighted by Crippen LogP contribution is -2.53. The number of amides is 1. The second-order valence-electron chi connectivity index (χ2n) is 7.21. The summed E-state index contributed by atoms with van der Waals surface area (Å²) in [4.78, 5) is 21.0. The van der Waals surface area contributed by atoms with Gasteiger partial charge in [-0.3, -0.25) is 14.7 Å². The van der Waals surface area contributed by atoms with Crippen LogP contribution in [0.3, 0.4) is 0 Å². The lowest BCUT2D eigenvalue weighted by atomic mass is 10.0. The number of carbonyl (C=O) groups is 1. The Morgan fingerprint density at radius 2 is 1.76 bits per heavy atom. The Morgan fingerprint density at radius 1 is 1.08 bits per heavy atom. The molecule has 2 aliphatic rings. The average molecular weight is 354 g/mol. The molecule has 144 valence electrons. The molecule has 2 heterocycles. The van der Waals surface area contributed by atoms with Crippen LogP contribution in [0.5, 0.6) is 0 Å². The van der Waals surface area contributed by atoms with Crippen molar-refractivity contribution in [3.8, 4) is 0 Å². The predicted molar refractivity (Wildman–Crippen MR) is 101 cm³/mol. The first-order chi connectivity index (χ1) is 12.1.